The molecule has 0 aromatic rings. The summed E-state index contributed by atoms with van der Waals surface area (Å²) >= 11 is 0. The van der Waals surface area contributed by atoms with E-state index in [2.05, 4.69) is 31.1 Å². The molecule has 0 heterocycles. The molecular formula is C12H23N3O. The minimum absolute atomic E-state index is 0.0284. The topological polar surface area (TPSA) is 58.4 Å². The van der Waals surface area contributed by atoms with E-state index in [0.29, 0.717) is 12.6 Å². The number of carbonyl (C=O) groups is 1. The highest BCUT2D eigenvalue weighted by Crippen LogP contribution is 2.15. The fourth-order valence-corrected chi connectivity index (χ4v) is 1.67. The molecule has 0 fully saturated rings. The van der Waals surface area contributed by atoms with Crippen molar-refractivity contribution in [2.75, 3.05) is 20.1 Å². The van der Waals surface area contributed by atoms with Gasteiger partial charge in [-0.3, -0.25) is 4.79 Å². The van der Waals surface area contributed by atoms with Gasteiger partial charge in [0.25, 0.3) is 0 Å². The summed E-state index contributed by atoms with van der Waals surface area (Å²) < 4.78 is 0. The van der Waals surface area contributed by atoms with Gasteiger partial charge in [0.15, 0.2) is 0 Å². The van der Waals surface area contributed by atoms with Crippen LogP contribution in [-0.2, 0) is 4.79 Å². The number of nitrogens with zero attached hydrogens (tertiary/aromatic N) is 1. The molecule has 2 unspecified atom stereocenters. The smallest absolute Gasteiger partial charge is 0.227 e. The van der Waals surface area contributed by atoms with Gasteiger partial charge in [-0.1, -0.05) is 12.2 Å². The van der Waals surface area contributed by atoms with Gasteiger partial charge in [-0.25, -0.2) is 0 Å². The van der Waals surface area contributed by atoms with E-state index < -0.39 is 0 Å². The van der Waals surface area contributed by atoms with Gasteiger partial charge in [0.1, 0.15) is 0 Å². The molecule has 1 rings (SSSR count). The number of hydrogen-bond acceptors (Lipinski definition) is 3. The Labute approximate surface area is 97.9 Å². The standard InChI is InChI=1S/C12H23N3O/c1-9(2)15(3)7-6-14-12(16)10-4-5-11(13)8-10/h4-5,9-11H,6-8,13H2,1-3H3,(H,14,16). The Balaban J connectivity index is 2.18. The van der Waals surface area contributed by atoms with Crippen LogP contribution in [0.1, 0.15) is 20.3 Å². The predicted molar refractivity (Wildman–Crippen MR) is 66.0 cm³/mol. The SMILES string of the molecule is CC(C)N(C)CCNC(=O)C1C=CC(N)C1. The quantitative estimate of drug-likeness (QED) is 0.664. The van der Waals surface area contributed by atoms with Crippen LogP contribution in [-0.4, -0.2) is 43.0 Å². The van der Waals surface area contributed by atoms with Crippen LogP contribution in [0.25, 0.3) is 0 Å². The minimum Gasteiger partial charge on any atom is -0.354 e. The van der Waals surface area contributed by atoms with E-state index in [9.17, 15) is 4.79 Å². The first-order valence-corrected chi connectivity index (χ1v) is 5.92. The molecule has 0 spiro atoms. The highest BCUT2D eigenvalue weighted by atomic mass is 16.1. The van der Waals surface area contributed by atoms with Gasteiger partial charge in [0, 0.05) is 25.2 Å². The minimum atomic E-state index is -0.0284. The van der Waals surface area contributed by atoms with Gasteiger partial charge in [-0.15, -0.1) is 0 Å². The molecule has 92 valence electrons. The Morgan fingerprint density at radius 1 is 1.56 bits per heavy atom. The zero-order valence-electron chi connectivity index (χ0n) is 10.4. The number of nitrogens with one attached hydrogen (secondary N) is 1. The van der Waals surface area contributed by atoms with E-state index in [1.807, 2.05) is 12.2 Å². The number of amides is 1. The largest absolute Gasteiger partial charge is 0.354 e. The molecule has 4 nitrogen and oxygen atoms in total. The Morgan fingerprint density at radius 3 is 2.75 bits per heavy atom. The first-order chi connectivity index (χ1) is 7.50. The zero-order chi connectivity index (χ0) is 12.1. The maximum absolute atomic E-state index is 11.7. The van der Waals surface area contributed by atoms with E-state index in [4.69, 9.17) is 5.73 Å². The number of hydrogen-bond donors (Lipinski definition) is 2. The summed E-state index contributed by atoms with van der Waals surface area (Å²) in [5, 5.41) is 2.94. The molecule has 2 atom stereocenters. The first kappa shape index (κ1) is 13.2. The fraction of sp³-hybridized carbons (Fsp3) is 0.750. The molecule has 1 aliphatic rings. The van der Waals surface area contributed by atoms with Crippen molar-refractivity contribution in [1.82, 2.24) is 10.2 Å². The molecule has 0 saturated heterocycles. The molecular weight excluding hydrogens is 202 g/mol. The lowest BCUT2D eigenvalue weighted by molar-refractivity contribution is -0.123. The maximum Gasteiger partial charge on any atom is 0.227 e. The third-order valence-electron chi connectivity index (χ3n) is 3.10. The molecule has 0 bridgehead atoms. The average Bonchev–Trinajstić information content (AvgIpc) is 2.64. The highest BCUT2D eigenvalue weighted by molar-refractivity contribution is 5.81. The van der Waals surface area contributed by atoms with Crippen molar-refractivity contribution in [2.45, 2.75) is 32.4 Å². The number of rotatable bonds is 5. The van der Waals surface area contributed by atoms with Crippen LogP contribution >= 0.6 is 0 Å². The van der Waals surface area contributed by atoms with Crippen LogP contribution in [0.3, 0.4) is 0 Å². The molecule has 3 N–H and O–H groups in total. The lowest BCUT2D eigenvalue weighted by Gasteiger charge is -2.21. The second-order valence-corrected chi connectivity index (χ2v) is 4.76. The third-order valence-corrected chi connectivity index (χ3v) is 3.10. The molecule has 0 aliphatic heterocycles. The van der Waals surface area contributed by atoms with Crippen molar-refractivity contribution in [2.24, 2.45) is 11.7 Å². The van der Waals surface area contributed by atoms with Crippen LogP contribution in [0.15, 0.2) is 12.2 Å². The fourth-order valence-electron chi connectivity index (χ4n) is 1.67. The molecule has 0 aromatic carbocycles. The van der Waals surface area contributed by atoms with Crippen molar-refractivity contribution < 1.29 is 4.79 Å². The van der Waals surface area contributed by atoms with Crippen LogP contribution in [0, 0.1) is 5.92 Å². The van der Waals surface area contributed by atoms with Crippen molar-refractivity contribution in [3.8, 4) is 0 Å². The summed E-state index contributed by atoms with van der Waals surface area (Å²) in [6, 6.07) is 0.561. The monoisotopic (exact) mass is 225 g/mol. The predicted octanol–water partition coefficient (Wildman–Crippen LogP) is 0.346. The summed E-state index contributed by atoms with van der Waals surface area (Å²) in [5.41, 5.74) is 5.70. The molecule has 1 amide bonds. The first-order valence-electron chi connectivity index (χ1n) is 5.92. The van der Waals surface area contributed by atoms with Gasteiger partial charge >= 0.3 is 0 Å². The Bertz CT molecular complexity index is 263. The molecule has 0 radical (unpaired) electrons. The van der Waals surface area contributed by atoms with E-state index in [1.54, 1.807) is 0 Å². The van der Waals surface area contributed by atoms with Crippen LogP contribution in [0.2, 0.25) is 0 Å². The van der Waals surface area contributed by atoms with Crippen LogP contribution in [0.4, 0.5) is 0 Å². The summed E-state index contributed by atoms with van der Waals surface area (Å²) in [6.45, 7) is 5.86. The molecule has 1 aliphatic carbocycles. The highest BCUT2D eigenvalue weighted by Gasteiger charge is 2.22. The number of carbonyl (C=O) groups excluding carboxylic acids is 1. The van der Waals surface area contributed by atoms with Crippen LogP contribution < -0.4 is 11.1 Å². The van der Waals surface area contributed by atoms with E-state index in [1.165, 1.54) is 0 Å². The maximum atomic E-state index is 11.7. The molecule has 4 heteroatoms. The van der Waals surface area contributed by atoms with Crippen LogP contribution in [0.5, 0.6) is 0 Å². The van der Waals surface area contributed by atoms with Crippen molar-refractivity contribution in [3.05, 3.63) is 12.2 Å². The van der Waals surface area contributed by atoms with Crippen molar-refractivity contribution in [1.29, 1.82) is 0 Å². The van der Waals surface area contributed by atoms with Gasteiger partial charge < -0.3 is 16.0 Å². The lowest BCUT2D eigenvalue weighted by Crippen LogP contribution is -2.38. The van der Waals surface area contributed by atoms with E-state index in [0.717, 1.165) is 13.0 Å². The number of nitrogens with two attached hydrogens (primary N) is 1. The van der Waals surface area contributed by atoms with Gasteiger partial charge in [0.05, 0.1) is 5.92 Å². The average molecular weight is 225 g/mol. The van der Waals surface area contributed by atoms with Crippen molar-refractivity contribution >= 4 is 5.91 Å². The van der Waals surface area contributed by atoms with Gasteiger partial charge in [-0.2, -0.15) is 0 Å². The normalized spacial score (nSPS) is 24.4. The second kappa shape index (κ2) is 6.01. The Hall–Kier alpha value is -0.870. The number of likely N-dealkylation sites (N-methyl/N-ethyl adjacent to an activating group) is 1. The summed E-state index contributed by atoms with van der Waals surface area (Å²) in [4.78, 5) is 13.9. The zero-order valence-corrected chi connectivity index (χ0v) is 10.4. The van der Waals surface area contributed by atoms with Gasteiger partial charge in [0.2, 0.25) is 5.91 Å². The van der Waals surface area contributed by atoms with Crippen molar-refractivity contribution in [3.63, 3.8) is 0 Å². The Morgan fingerprint density at radius 2 is 2.25 bits per heavy atom. The summed E-state index contributed by atoms with van der Waals surface area (Å²) in [5.74, 6) is 0.0701. The molecule has 0 aromatic heterocycles. The van der Waals surface area contributed by atoms with Gasteiger partial charge in [-0.05, 0) is 27.3 Å². The molecule has 0 saturated carbocycles. The third kappa shape index (κ3) is 3.94. The molecule has 16 heavy (non-hydrogen) atoms. The second-order valence-electron chi connectivity index (χ2n) is 4.76. The van der Waals surface area contributed by atoms with E-state index in [-0.39, 0.29) is 17.9 Å². The summed E-state index contributed by atoms with van der Waals surface area (Å²) in [7, 11) is 2.06. The lowest BCUT2D eigenvalue weighted by atomic mass is 10.1. The Kier molecular flexibility index (Phi) is 4.96. The summed E-state index contributed by atoms with van der Waals surface area (Å²) in [6.07, 6.45) is 4.56. The van der Waals surface area contributed by atoms with E-state index >= 15 is 0 Å².